The van der Waals surface area contributed by atoms with Crippen LogP contribution in [0.25, 0.3) is 0 Å². The highest BCUT2D eigenvalue weighted by Crippen LogP contribution is 2.04. The molecule has 0 saturated heterocycles. The number of carbonyl (C=O) groups is 1. The number of hydrogen-bond donors (Lipinski definition) is 2. The molecule has 2 N–H and O–H groups in total. The van der Waals surface area contributed by atoms with Gasteiger partial charge in [-0.3, -0.25) is 4.79 Å². The molecule has 0 radical (unpaired) electrons. The van der Waals surface area contributed by atoms with E-state index < -0.39 is 0 Å². The Balaban J connectivity index is 1.73. The summed E-state index contributed by atoms with van der Waals surface area (Å²) in [6, 6.07) is 9.63. The van der Waals surface area contributed by atoms with Crippen molar-refractivity contribution in [2.45, 2.75) is 12.8 Å². The van der Waals surface area contributed by atoms with Crippen molar-refractivity contribution in [3.63, 3.8) is 0 Å². The summed E-state index contributed by atoms with van der Waals surface area (Å²) in [5.41, 5.74) is 1.24. The first-order chi connectivity index (χ1) is 12.0. The zero-order valence-electron chi connectivity index (χ0n) is 14.6. The second-order valence-electron chi connectivity index (χ2n) is 6.02. The summed E-state index contributed by atoms with van der Waals surface area (Å²) in [6.07, 6.45) is 1.63. The molecule has 0 fully saturated rings. The van der Waals surface area contributed by atoms with Crippen molar-refractivity contribution in [3.8, 4) is 0 Å². The molecule has 2 rings (SSSR count). The highest BCUT2D eigenvalue weighted by Gasteiger charge is 2.07. The molecular weight excluding hydrogens is 321 g/mol. The molecule has 0 spiro atoms. The van der Waals surface area contributed by atoms with Crippen LogP contribution in [0.1, 0.15) is 22.5 Å². The molecule has 0 aliphatic heterocycles. The predicted molar refractivity (Wildman–Crippen MR) is 96.1 cm³/mol. The second-order valence-corrected chi connectivity index (χ2v) is 6.02. The maximum absolute atomic E-state index is 12.8. The minimum Gasteiger partial charge on any atom is -0.369 e. The van der Waals surface area contributed by atoms with Crippen LogP contribution in [0.5, 0.6) is 0 Å². The van der Waals surface area contributed by atoms with Gasteiger partial charge in [-0.2, -0.15) is 0 Å². The van der Waals surface area contributed by atoms with Crippen LogP contribution in [-0.4, -0.2) is 54.7 Å². The Bertz CT molecular complexity index is 658. The smallest absolute Gasteiger partial charge is 0.271 e. The fourth-order valence-corrected chi connectivity index (χ4v) is 2.22. The van der Waals surface area contributed by atoms with Crippen LogP contribution in [0, 0.1) is 5.82 Å². The molecule has 2 aromatic rings. The standard InChI is InChI=1S/C18H24FN5O/c1-24(2)13-3-11-20-17-9-8-16(22-23-17)18(25)21-12-10-14-4-6-15(19)7-5-14/h4-9H,3,10-13H2,1-2H3,(H,20,23)(H,21,25). The third kappa shape index (κ3) is 6.84. The van der Waals surface area contributed by atoms with Gasteiger partial charge in [-0.05, 0) is 63.3 Å². The zero-order valence-corrected chi connectivity index (χ0v) is 14.6. The highest BCUT2D eigenvalue weighted by atomic mass is 19.1. The number of hydrogen-bond acceptors (Lipinski definition) is 5. The van der Waals surface area contributed by atoms with Gasteiger partial charge in [0, 0.05) is 13.1 Å². The number of aromatic nitrogens is 2. The van der Waals surface area contributed by atoms with Crippen LogP contribution >= 0.6 is 0 Å². The number of benzene rings is 1. The SMILES string of the molecule is CN(C)CCCNc1ccc(C(=O)NCCc2ccc(F)cc2)nn1. The molecule has 0 aliphatic rings. The van der Waals surface area contributed by atoms with Crippen molar-refractivity contribution in [2.24, 2.45) is 0 Å². The van der Waals surface area contributed by atoms with E-state index >= 15 is 0 Å². The molecule has 1 amide bonds. The first-order valence-electron chi connectivity index (χ1n) is 8.29. The summed E-state index contributed by atoms with van der Waals surface area (Å²) in [5, 5.41) is 13.9. The first kappa shape index (κ1) is 18.8. The Morgan fingerprint density at radius 1 is 1.08 bits per heavy atom. The maximum atomic E-state index is 12.8. The molecule has 25 heavy (non-hydrogen) atoms. The van der Waals surface area contributed by atoms with Gasteiger partial charge in [0.05, 0.1) is 0 Å². The van der Waals surface area contributed by atoms with Crippen molar-refractivity contribution in [1.82, 2.24) is 20.4 Å². The summed E-state index contributed by atoms with van der Waals surface area (Å²) in [7, 11) is 4.06. The van der Waals surface area contributed by atoms with E-state index in [1.54, 1.807) is 24.3 Å². The molecule has 1 aromatic heterocycles. The topological polar surface area (TPSA) is 70.2 Å². The lowest BCUT2D eigenvalue weighted by Crippen LogP contribution is -2.26. The van der Waals surface area contributed by atoms with Crippen molar-refractivity contribution in [2.75, 3.05) is 39.0 Å². The Morgan fingerprint density at radius 2 is 1.84 bits per heavy atom. The van der Waals surface area contributed by atoms with Gasteiger partial charge in [-0.1, -0.05) is 12.1 Å². The van der Waals surface area contributed by atoms with Gasteiger partial charge in [0.2, 0.25) is 0 Å². The molecule has 0 aliphatic carbocycles. The highest BCUT2D eigenvalue weighted by molar-refractivity contribution is 5.92. The Hall–Kier alpha value is -2.54. The molecule has 0 bridgehead atoms. The number of rotatable bonds is 9. The lowest BCUT2D eigenvalue weighted by Gasteiger charge is -2.10. The molecular formula is C18H24FN5O. The quantitative estimate of drug-likeness (QED) is 0.680. The Kier molecular flexibility index (Phi) is 7.28. The molecule has 0 atom stereocenters. The summed E-state index contributed by atoms with van der Waals surface area (Å²) in [6.45, 7) is 2.25. The van der Waals surface area contributed by atoms with E-state index in [-0.39, 0.29) is 17.4 Å². The number of amides is 1. The third-order valence-electron chi connectivity index (χ3n) is 3.60. The number of nitrogens with one attached hydrogen (secondary N) is 2. The number of halogens is 1. The van der Waals surface area contributed by atoms with E-state index in [9.17, 15) is 9.18 Å². The predicted octanol–water partition coefficient (Wildman–Crippen LogP) is 1.95. The van der Waals surface area contributed by atoms with Gasteiger partial charge in [0.15, 0.2) is 5.69 Å². The summed E-state index contributed by atoms with van der Waals surface area (Å²) < 4.78 is 12.8. The summed E-state index contributed by atoms with van der Waals surface area (Å²) >= 11 is 0. The summed E-state index contributed by atoms with van der Waals surface area (Å²) in [5.74, 6) is 0.119. The van der Waals surface area contributed by atoms with Gasteiger partial charge in [0.1, 0.15) is 11.6 Å². The maximum Gasteiger partial charge on any atom is 0.271 e. The van der Waals surface area contributed by atoms with Crippen molar-refractivity contribution in [1.29, 1.82) is 0 Å². The van der Waals surface area contributed by atoms with Crippen LogP contribution < -0.4 is 10.6 Å². The number of carbonyl (C=O) groups excluding carboxylic acids is 1. The van der Waals surface area contributed by atoms with E-state index in [0.717, 1.165) is 25.1 Å². The van der Waals surface area contributed by atoms with Crippen LogP contribution in [0.3, 0.4) is 0 Å². The van der Waals surface area contributed by atoms with Crippen LogP contribution in [0.2, 0.25) is 0 Å². The molecule has 7 heteroatoms. The molecule has 1 aromatic carbocycles. The average molecular weight is 345 g/mol. The Labute approximate surface area is 147 Å². The first-order valence-corrected chi connectivity index (χ1v) is 8.29. The minimum absolute atomic E-state index is 0.265. The number of anilines is 1. The minimum atomic E-state index is -0.270. The van der Waals surface area contributed by atoms with Crippen molar-refractivity contribution < 1.29 is 9.18 Å². The molecule has 134 valence electrons. The Morgan fingerprint density at radius 3 is 2.48 bits per heavy atom. The molecule has 0 saturated carbocycles. The van der Waals surface area contributed by atoms with Crippen molar-refractivity contribution in [3.05, 3.63) is 53.5 Å². The molecule has 0 unspecified atom stereocenters. The van der Waals surface area contributed by atoms with Crippen LogP contribution in [0.4, 0.5) is 10.2 Å². The van der Waals surface area contributed by atoms with E-state index in [1.807, 2.05) is 14.1 Å². The van der Waals surface area contributed by atoms with Gasteiger partial charge in [-0.25, -0.2) is 4.39 Å². The van der Waals surface area contributed by atoms with Gasteiger partial charge >= 0.3 is 0 Å². The van der Waals surface area contributed by atoms with Crippen LogP contribution in [-0.2, 0) is 6.42 Å². The fraction of sp³-hybridized carbons (Fsp3) is 0.389. The van der Waals surface area contributed by atoms with Gasteiger partial charge in [-0.15, -0.1) is 10.2 Å². The average Bonchev–Trinajstić information content (AvgIpc) is 2.61. The molecule has 1 heterocycles. The van der Waals surface area contributed by atoms with Crippen molar-refractivity contribution >= 4 is 11.7 Å². The van der Waals surface area contributed by atoms with E-state index in [0.29, 0.717) is 18.8 Å². The molecule has 6 nitrogen and oxygen atoms in total. The van der Waals surface area contributed by atoms with Gasteiger partial charge < -0.3 is 15.5 Å². The third-order valence-corrected chi connectivity index (χ3v) is 3.60. The number of nitrogens with zero attached hydrogens (tertiary/aromatic N) is 3. The summed E-state index contributed by atoms with van der Waals surface area (Å²) in [4.78, 5) is 14.2. The van der Waals surface area contributed by atoms with E-state index in [2.05, 4.69) is 25.7 Å². The van der Waals surface area contributed by atoms with E-state index in [4.69, 9.17) is 0 Å². The van der Waals surface area contributed by atoms with Crippen LogP contribution in [0.15, 0.2) is 36.4 Å². The monoisotopic (exact) mass is 345 g/mol. The van der Waals surface area contributed by atoms with E-state index in [1.165, 1.54) is 12.1 Å². The lowest BCUT2D eigenvalue weighted by atomic mass is 10.1. The lowest BCUT2D eigenvalue weighted by molar-refractivity contribution is 0.0948. The van der Waals surface area contributed by atoms with Gasteiger partial charge in [0.25, 0.3) is 5.91 Å². The largest absolute Gasteiger partial charge is 0.369 e. The fourth-order valence-electron chi connectivity index (χ4n) is 2.22. The second kappa shape index (κ2) is 9.68. The normalized spacial score (nSPS) is 10.7. The zero-order chi connectivity index (χ0) is 18.1.